The number of aromatic hydroxyl groups is 1. The smallest absolute Gasteiger partial charge is 0.120 e. The van der Waals surface area contributed by atoms with Crippen LogP contribution in [0.1, 0.15) is 44.2 Å². The molecule has 0 saturated carbocycles. The number of phenolic OH excluding ortho intramolecular Hbond substituents is 1. The first-order valence-electron chi connectivity index (χ1n) is 7.65. The second kappa shape index (κ2) is 8.01. The van der Waals surface area contributed by atoms with Gasteiger partial charge in [0, 0.05) is 42.3 Å². The Morgan fingerprint density at radius 1 is 1.30 bits per heavy atom. The molecule has 0 aromatic heterocycles. The van der Waals surface area contributed by atoms with Gasteiger partial charge >= 0.3 is 0 Å². The molecular formula is C16H25BrN2O. The quantitative estimate of drug-likeness (QED) is 0.775. The molecule has 1 aliphatic rings. The Labute approximate surface area is 130 Å². The first-order valence-corrected chi connectivity index (χ1v) is 8.45. The van der Waals surface area contributed by atoms with E-state index in [-0.39, 0.29) is 0 Å². The standard InChI is InChI=1S/C16H25BrN2O/c1-2-3-4-5-15(19-10-8-18-9-11-19)14-12-13(17)6-7-16(14)20/h6-7,12,15,18,20H,2-5,8-11H2,1H3/t15-/m1/s1. The Morgan fingerprint density at radius 3 is 2.75 bits per heavy atom. The second-order valence-electron chi connectivity index (χ2n) is 5.50. The Hall–Kier alpha value is -0.580. The van der Waals surface area contributed by atoms with Gasteiger partial charge in [0.15, 0.2) is 0 Å². The van der Waals surface area contributed by atoms with E-state index in [0.29, 0.717) is 11.8 Å². The van der Waals surface area contributed by atoms with Crippen molar-refractivity contribution in [2.75, 3.05) is 26.2 Å². The average molecular weight is 341 g/mol. The summed E-state index contributed by atoms with van der Waals surface area (Å²) in [5.41, 5.74) is 1.07. The molecule has 0 unspecified atom stereocenters. The topological polar surface area (TPSA) is 35.5 Å². The van der Waals surface area contributed by atoms with Gasteiger partial charge in [-0.25, -0.2) is 0 Å². The van der Waals surface area contributed by atoms with Gasteiger partial charge in [0.1, 0.15) is 5.75 Å². The van der Waals surface area contributed by atoms with Gasteiger partial charge in [-0.1, -0.05) is 42.1 Å². The summed E-state index contributed by atoms with van der Waals surface area (Å²) >= 11 is 3.53. The molecule has 0 amide bonds. The Morgan fingerprint density at radius 2 is 2.05 bits per heavy atom. The summed E-state index contributed by atoms with van der Waals surface area (Å²) in [4.78, 5) is 2.51. The van der Waals surface area contributed by atoms with E-state index in [0.717, 1.165) is 42.6 Å². The third-order valence-corrected chi connectivity index (χ3v) is 4.52. The number of rotatable bonds is 6. The van der Waals surface area contributed by atoms with Crippen LogP contribution in [0.2, 0.25) is 0 Å². The van der Waals surface area contributed by atoms with Gasteiger partial charge in [0.05, 0.1) is 0 Å². The molecule has 20 heavy (non-hydrogen) atoms. The van der Waals surface area contributed by atoms with Crippen LogP contribution in [0.15, 0.2) is 22.7 Å². The molecule has 1 atom stereocenters. The number of benzene rings is 1. The zero-order chi connectivity index (χ0) is 14.4. The predicted molar refractivity (Wildman–Crippen MR) is 87.1 cm³/mol. The summed E-state index contributed by atoms with van der Waals surface area (Å²) in [6.45, 7) is 6.43. The van der Waals surface area contributed by atoms with Crippen molar-refractivity contribution in [3.63, 3.8) is 0 Å². The van der Waals surface area contributed by atoms with E-state index >= 15 is 0 Å². The lowest BCUT2D eigenvalue weighted by Gasteiger charge is -2.35. The second-order valence-corrected chi connectivity index (χ2v) is 6.42. The number of nitrogens with one attached hydrogen (secondary N) is 1. The highest BCUT2D eigenvalue weighted by molar-refractivity contribution is 9.10. The summed E-state index contributed by atoms with van der Waals surface area (Å²) in [5, 5.41) is 13.6. The van der Waals surface area contributed by atoms with Crippen molar-refractivity contribution in [2.45, 2.75) is 38.6 Å². The van der Waals surface area contributed by atoms with Crippen molar-refractivity contribution in [1.29, 1.82) is 0 Å². The molecule has 1 heterocycles. The van der Waals surface area contributed by atoms with Crippen molar-refractivity contribution in [3.8, 4) is 5.75 Å². The fourth-order valence-electron chi connectivity index (χ4n) is 2.91. The lowest BCUT2D eigenvalue weighted by molar-refractivity contribution is 0.160. The molecule has 3 nitrogen and oxygen atoms in total. The van der Waals surface area contributed by atoms with Crippen LogP contribution in [-0.2, 0) is 0 Å². The lowest BCUT2D eigenvalue weighted by Crippen LogP contribution is -2.45. The van der Waals surface area contributed by atoms with Crippen LogP contribution in [0.4, 0.5) is 0 Å². The van der Waals surface area contributed by atoms with Crippen molar-refractivity contribution in [2.24, 2.45) is 0 Å². The van der Waals surface area contributed by atoms with E-state index in [9.17, 15) is 5.11 Å². The van der Waals surface area contributed by atoms with Crippen LogP contribution < -0.4 is 5.32 Å². The number of hydrogen-bond acceptors (Lipinski definition) is 3. The molecule has 1 aliphatic heterocycles. The van der Waals surface area contributed by atoms with Gasteiger partial charge in [-0.15, -0.1) is 0 Å². The van der Waals surface area contributed by atoms with Crippen molar-refractivity contribution < 1.29 is 5.11 Å². The Kier molecular flexibility index (Phi) is 6.33. The zero-order valence-electron chi connectivity index (χ0n) is 12.2. The summed E-state index contributed by atoms with van der Waals surface area (Å²) in [5.74, 6) is 0.424. The highest BCUT2D eigenvalue weighted by atomic mass is 79.9. The largest absolute Gasteiger partial charge is 0.508 e. The minimum atomic E-state index is 0.334. The highest BCUT2D eigenvalue weighted by Crippen LogP contribution is 2.34. The number of piperazine rings is 1. The minimum Gasteiger partial charge on any atom is -0.508 e. The van der Waals surface area contributed by atoms with Crippen LogP contribution in [0.5, 0.6) is 5.75 Å². The number of halogens is 1. The molecule has 1 aromatic rings. The van der Waals surface area contributed by atoms with Crippen LogP contribution in [-0.4, -0.2) is 36.2 Å². The first-order chi connectivity index (χ1) is 9.72. The lowest BCUT2D eigenvalue weighted by atomic mass is 9.97. The monoisotopic (exact) mass is 340 g/mol. The minimum absolute atomic E-state index is 0.334. The maximum Gasteiger partial charge on any atom is 0.120 e. The molecule has 1 fully saturated rings. The third-order valence-electron chi connectivity index (χ3n) is 4.02. The van der Waals surface area contributed by atoms with Crippen LogP contribution in [0.3, 0.4) is 0 Å². The molecular weight excluding hydrogens is 316 g/mol. The Balaban J connectivity index is 2.17. The molecule has 2 N–H and O–H groups in total. The van der Waals surface area contributed by atoms with Gasteiger partial charge in [0.2, 0.25) is 0 Å². The van der Waals surface area contributed by atoms with Gasteiger partial charge in [-0.2, -0.15) is 0 Å². The molecule has 0 spiro atoms. The van der Waals surface area contributed by atoms with Crippen molar-refractivity contribution in [1.82, 2.24) is 10.2 Å². The van der Waals surface area contributed by atoms with E-state index in [1.54, 1.807) is 6.07 Å². The number of hydrogen-bond donors (Lipinski definition) is 2. The fourth-order valence-corrected chi connectivity index (χ4v) is 3.29. The van der Waals surface area contributed by atoms with Gasteiger partial charge in [0.25, 0.3) is 0 Å². The summed E-state index contributed by atoms with van der Waals surface area (Å²) in [6, 6.07) is 6.11. The maximum atomic E-state index is 10.2. The van der Waals surface area contributed by atoms with Crippen LogP contribution >= 0.6 is 15.9 Å². The molecule has 1 saturated heterocycles. The molecule has 112 valence electrons. The fraction of sp³-hybridized carbons (Fsp3) is 0.625. The van der Waals surface area contributed by atoms with Crippen LogP contribution in [0.25, 0.3) is 0 Å². The molecule has 0 bridgehead atoms. The summed E-state index contributed by atoms with van der Waals surface area (Å²) < 4.78 is 1.04. The summed E-state index contributed by atoms with van der Waals surface area (Å²) in [6.07, 6.45) is 4.84. The van der Waals surface area contributed by atoms with Gasteiger partial charge in [-0.3, -0.25) is 4.90 Å². The van der Waals surface area contributed by atoms with E-state index in [1.165, 1.54) is 19.3 Å². The van der Waals surface area contributed by atoms with Crippen LogP contribution in [0, 0.1) is 0 Å². The first kappa shape index (κ1) is 15.8. The molecule has 4 heteroatoms. The van der Waals surface area contributed by atoms with E-state index in [2.05, 4.69) is 39.1 Å². The number of nitrogens with zero attached hydrogens (tertiary/aromatic N) is 1. The average Bonchev–Trinajstić information content (AvgIpc) is 2.48. The van der Waals surface area contributed by atoms with E-state index in [1.807, 2.05) is 6.07 Å². The third kappa shape index (κ3) is 4.21. The molecule has 2 rings (SSSR count). The van der Waals surface area contributed by atoms with Gasteiger partial charge < -0.3 is 10.4 Å². The number of phenols is 1. The molecule has 0 aliphatic carbocycles. The summed E-state index contributed by atoms with van der Waals surface area (Å²) in [7, 11) is 0. The number of unbranched alkanes of at least 4 members (excludes halogenated alkanes) is 2. The van der Waals surface area contributed by atoms with Gasteiger partial charge in [-0.05, 0) is 24.6 Å². The maximum absolute atomic E-state index is 10.2. The SMILES string of the molecule is CCCCC[C@H](c1cc(Br)ccc1O)N1CCNCC1. The van der Waals surface area contributed by atoms with Crippen molar-refractivity contribution in [3.05, 3.63) is 28.2 Å². The predicted octanol–water partition coefficient (Wildman–Crippen LogP) is 3.68. The molecule has 0 radical (unpaired) electrons. The van der Waals surface area contributed by atoms with E-state index < -0.39 is 0 Å². The molecule has 1 aromatic carbocycles. The highest BCUT2D eigenvalue weighted by Gasteiger charge is 2.24. The van der Waals surface area contributed by atoms with E-state index in [4.69, 9.17) is 0 Å². The zero-order valence-corrected chi connectivity index (χ0v) is 13.8. The Bertz CT molecular complexity index is 419. The normalized spacial score (nSPS) is 18.1. The van der Waals surface area contributed by atoms with Crippen molar-refractivity contribution >= 4 is 15.9 Å².